The molecule has 2 N–H and O–H groups in total. The first-order chi connectivity index (χ1) is 18.8. The molecule has 2 aliphatic heterocycles. The highest BCUT2D eigenvalue weighted by Gasteiger charge is 2.33. The fraction of sp³-hybridized carbons (Fsp3) is 0.571. The van der Waals surface area contributed by atoms with Crippen molar-refractivity contribution in [3.05, 3.63) is 33.7 Å². The van der Waals surface area contributed by atoms with Crippen LogP contribution in [0.15, 0.2) is 22.0 Å². The molecule has 40 heavy (non-hydrogen) atoms. The first-order valence-electron chi connectivity index (χ1n) is 13.5. The molecule has 3 heterocycles. The number of carbonyl (C=O) groups is 3. The van der Waals surface area contributed by atoms with Crippen molar-refractivity contribution in [3.8, 4) is 0 Å². The lowest BCUT2D eigenvalue weighted by Gasteiger charge is -2.36. The maximum absolute atomic E-state index is 14.7. The Balaban J connectivity index is 0.000000453. The highest BCUT2D eigenvalue weighted by Crippen LogP contribution is 2.46. The fourth-order valence-corrected chi connectivity index (χ4v) is 5.11. The third-order valence-electron chi connectivity index (χ3n) is 5.66. The lowest BCUT2D eigenvalue weighted by molar-refractivity contribution is -0.107. The number of likely N-dealkylation sites (N-methyl/N-ethyl adjacent to an activating group) is 1. The summed E-state index contributed by atoms with van der Waals surface area (Å²) in [5.74, 6) is -1.75. The summed E-state index contributed by atoms with van der Waals surface area (Å²) < 4.78 is 21.4. The Hall–Kier alpha value is -3.12. The van der Waals surface area contributed by atoms with E-state index >= 15 is 0 Å². The monoisotopic (exact) mass is 582 g/mol. The van der Waals surface area contributed by atoms with Crippen LogP contribution in [-0.4, -0.2) is 78.3 Å². The van der Waals surface area contributed by atoms with Gasteiger partial charge >= 0.3 is 12.1 Å². The quantitative estimate of drug-likeness (QED) is 0.481. The molecule has 4 rings (SSSR count). The van der Waals surface area contributed by atoms with Gasteiger partial charge in [0.05, 0.1) is 28.1 Å². The molecule has 1 fully saturated rings. The van der Waals surface area contributed by atoms with Gasteiger partial charge in [-0.2, -0.15) is 0 Å². The smallest absolute Gasteiger partial charge is 0.408 e. The number of alkyl carbamates (subject to hydrolysis) is 1. The Morgan fingerprint density at radius 3 is 2.20 bits per heavy atom. The van der Waals surface area contributed by atoms with Crippen LogP contribution in [-0.2, 0) is 9.53 Å². The van der Waals surface area contributed by atoms with Crippen LogP contribution >= 0.6 is 11.8 Å². The maximum atomic E-state index is 14.7. The Morgan fingerprint density at radius 1 is 1.15 bits per heavy atom. The number of carboxylic acids is 1. The zero-order valence-electron chi connectivity index (χ0n) is 25.0. The molecule has 0 radical (unpaired) electrons. The summed E-state index contributed by atoms with van der Waals surface area (Å²) >= 11 is 1.35. The standard InChI is InChI=1S/C17H18FN3O3S.C7H13NO3.2C2H6/c1-9-21-12-8-13(20-5-3-19(2)4-6-20)11(18)7-10(12)15(22)14(17(23)24)16(21)25-9;1-7(2,3)11-6(10)8-4-5-9;2*1-2/h7-9H,3-6H2,1-2H3,(H,23,24);5H,4H2,1-3H3,(H,8,10);2*1-2H3. The fourth-order valence-electron chi connectivity index (χ4n) is 3.95. The first-order valence-corrected chi connectivity index (χ1v) is 14.4. The number of carbonyl (C=O) groups excluding carboxylic acids is 2. The van der Waals surface area contributed by atoms with Crippen LogP contribution in [0, 0.1) is 5.82 Å². The summed E-state index contributed by atoms with van der Waals surface area (Å²) in [6, 6.07) is 2.89. The molecule has 0 aliphatic carbocycles. The van der Waals surface area contributed by atoms with Gasteiger partial charge in [0.1, 0.15) is 23.3 Å². The SMILES string of the molecule is CC.CC.CC(C)(C)OC(=O)NCC=O.CC1Sc2c(C(=O)O)c(=O)c3cc(F)c(N4CCN(C)CC4)cc3n21. The second-order valence-electron chi connectivity index (χ2n) is 9.56. The molecular weight excluding hydrogens is 539 g/mol. The van der Waals surface area contributed by atoms with Gasteiger partial charge in [-0.15, -0.1) is 0 Å². The maximum Gasteiger partial charge on any atom is 0.408 e. The summed E-state index contributed by atoms with van der Waals surface area (Å²) in [7, 11) is 2.03. The normalized spacial score (nSPS) is 15.9. The molecule has 1 atom stereocenters. The van der Waals surface area contributed by atoms with E-state index in [1.54, 1.807) is 26.8 Å². The number of fused-ring (bicyclic) bond motifs is 3. The van der Waals surface area contributed by atoms with Gasteiger partial charge in [0.2, 0.25) is 5.43 Å². The number of anilines is 1. The van der Waals surface area contributed by atoms with Crippen molar-refractivity contribution < 1.29 is 28.6 Å². The minimum Gasteiger partial charge on any atom is -0.477 e. The van der Waals surface area contributed by atoms with Crippen LogP contribution in [0.4, 0.5) is 14.9 Å². The zero-order valence-corrected chi connectivity index (χ0v) is 25.8. The number of aromatic nitrogens is 1. The number of aldehydes is 1. The second-order valence-corrected chi connectivity index (χ2v) is 10.9. The Morgan fingerprint density at radius 2 is 1.73 bits per heavy atom. The molecule has 1 aromatic heterocycles. The van der Waals surface area contributed by atoms with Gasteiger partial charge < -0.3 is 34.3 Å². The van der Waals surface area contributed by atoms with E-state index in [0.717, 1.165) is 13.1 Å². The molecular formula is C28H43FN4O6S. The van der Waals surface area contributed by atoms with Gasteiger partial charge in [0.15, 0.2) is 0 Å². The van der Waals surface area contributed by atoms with Crippen LogP contribution in [0.5, 0.6) is 0 Å². The molecule has 2 aromatic rings. The zero-order chi connectivity index (χ0) is 30.8. The first kappa shape index (κ1) is 34.9. The number of thioether (sulfide) groups is 1. The molecule has 0 spiro atoms. The predicted octanol–water partition coefficient (Wildman–Crippen LogP) is 4.98. The number of halogens is 1. The van der Waals surface area contributed by atoms with E-state index in [1.807, 2.05) is 51.1 Å². The number of hydrogen-bond acceptors (Lipinski definition) is 8. The average Bonchev–Trinajstić information content (AvgIpc) is 2.89. The predicted molar refractivity (Wildman–Crippen MR) is 158 cm³/mol. The van der Waals surface area contributed by atoms with E-state index < -0.39 is 28.9 Å². The number of nitrogens with zero attached hydrogens (tertiary/aromatic N) is 3. The molecule has 1 saturated heterocycles. The van der Waals surface area contributed by atoms with Gasteiger partial charge in [0.25, 0.3) is 0 Å². The number of rotatable bonds is 4. The number of hydrogen-bond donors (Lipinski definition) is 2. The topological polar surface area (TPSA) is 121 Å². The summed E-state index contributed by atoms with van der Waals surface area (Å²) in [5, 5.41) is 12.2. The number of benzene rings is 1. The van der Waals surface area contributed by atoms with E-state index in [0.29, 0.717) is 35.6 Å². The van der Waals surface area contributed by atoms with Crippen molar-refractivity contribution in [1.82, 2.24) is 14.8 Å². The largest absolute Gasteiger partial charge is 0.477 e. The van der Waals surface area contributed by atoms with Gasteiger partial charge in [-0.3, -0.25) is 4.79 Å². The number of nitrogens with one attached hydrogen (secondary N) is 1. The summed E-state index contributed by atoms with van der Waals surface area (Å²) in [6.45, 7) is 18.3. The van der Waals surface area contributed by atoms with Gasteiger partial charge in [-0.05, 0) is 46.9 Å². The van der Waals surface area contributed by atoms with Gasteiger partial charge in [-0.25, -0.2) is 14.0 Å². The van der Waals surface area contributed by atoms with Crippen LogP contribution in [0.2, 0.25) is 0 Å². The second kappa shape index (κ2) is 15.6. The van der Waals surface area contributed by atoms with Gasteiger partial charge in [0, 0.05) is 31.6 Å². The van der Waals surface area contributed by atoms with Crippen molar-refractivity contribution in [3.63, 3.8) is 0 Å². The minimum absolute atomic E-state index is 0.00505. The Kier molecular flexibility index (Phi) is 13.6. The Labute approximate surface area is 239 Å². The van der Waals surface area contributed by atoms with E-state index in [-0.39, 0.29) is 22.9 Å². The van der Waals surface area contributed by atoms with Gasteiger partial charge in [-0.1, -0.05) is 39.5 Å². The van der Waals surface area contributed by atoms with E-state index in [9.17, 15) is 28.7 Å². The highest BCUT2D eigenvalue weighted by molar-refractivity contribution is 8.00. The average molecular weight is 583 g/mol. The minimum atomic E-state index is -1.27. The summed E-state index contributed by atoms with van der Waals surface area (Å²) in [4.78, 5) is 48.7. The molecule has 1 unspecified atom stereocenters. The summed E-state index contributed by atoms with van der Waals surface area (Å²) in [5.41, 5.74) is -0.305. The number of pyridine rings is 1. The summed E-state index contributed by atoms with van der Waals surface area (Å²) in [6.07, 6.45) is 0.0359. The molecule has 1 amide bonds. The lowest BCUT2D eigenvalue weighted by atomic mass is 10.1. The molecule has 2 aliphatic rings. The molecule has 1 aromatic carbocycles. The third kappa shape index (κ3) is 8.69. The molecule has 0 saturated carbocycles. The van der Waals surface area contributed by atoms with Crippen LogP contribution in [0.1, 0.15) is 71.1 Å². The lowest BCUT2D eigenvalue weighted by Crippen LogP contribution is -2.44. The number of amides is 1. The van der Waals surface area contributed by atoms with Crippen molar-refractivity contribution in [2.75, 3.05) is 44.7 Å². The van der Waals surface area contributed by atoms with Crippen molar-refractivity contribution in [2.24, 2.45) is 0 Å². The van der Waals surface area contributed by atoms with Crippen molar-refractivity contribution >= 4 is 46.7 Å². The highest BCUT2D eigenvalue weighted by atomic mass is 32.2. The number of aromatic carboxylic acids is 1. The Bertz CT molecular complexity index is 1240. The van der Waals surface area contributed by atoms with Crippen molar-refractivity contribution in [1.29, 1.82) is 0 Å². The number of ether oxygens (including phenoxy) is 1. The number of carboxylic acid groups (broad SMARTS) is 1. The third-order valence-corrected chi connectivity index (χ3v) is 6.84. The van der Waals surface area contributed by atoms with Crippen LogP contribution in [0.25, 0.3) is 10.9 Å². The van der Waals surface area contributed by atoms with E-state index in [1.165, 1.54) is 17.8 Å². The van der Waals surface area contributed by atoms with E-state index in [2.05, 4.69) is 10.2 Å². The van der Waals surface area contributed by atoms with Crippen LogP contribution in [0.3, 0.4) is 0 Å². The molecule has 10 nitrogen and oxygen atoms in total. The molecule has 12 heteroatoms. The molecule has 224 valence electrons. The van der Waals surface area contributed by atoms with Crippen molar-refractivity contribution in [2.45, 2.75) is 71.4 Å². The molecule has 0 bridgehead atoms. The van der Waals surface area contributed by atoms with Crippen LogP contribution < -0.4 is 15.6 Å². The van der Waals surface area contributed by atoms with E-state index in [4.69, 9.17) is 4.74 Å². The number of piperazine rings is 1.